The van der Waals surface area contributed by atoms with Crippen molar-refractivity contribution in [3.8, 4) is 22.7 Å². The lowest BCUT2D eigenvalue weighted by Crippen LogP contribution is -2.58. The fourth-order valence-corrected chi connectivity index (χ4v) is 6.31. The summed E-state index contributed by atoms with van der Waals surface area (Å²) in [6.45, 7) is 12.6. The van der Waals surface area contributed by atoms with Crippen molar-refractivity contribution in [3.63, 3.8) is 0 Å². The van der Waals surface area contributed by atoms with E-state index in [0.717, 1.165) is 5.56 Å². The Morgan fingerprint density at radius 2 is 1.98 bits per heavy atom. The third-order valence-corrected chi connectivity index (χ3v) is 8.45. The Morgan fingerprint density at radius 1 is 1.19 bits per heavy atom. The van der Waals surface area contributed by atoms with Gasteiger partial charge in [0.05, 0.1) is 39.7 Å². The fourth-order valence-electron chi connectivity index (χ4n) is 6.07. The molecule has 43 heavy (non-hydrogen) atoms. The summed E-state index contributed by atoms with van der Waals surface area (Å²) in [5.74, 6) is -0.00968. The van der Waals surface area contributed by atoms with Gasteiger partial charge in [-0.25, -0.2) is 18.7 Å². The first-order chi connectivity index (χ1) is 20.6. The van der Waals surface area contributed by atoms with Crippen molar-refractivity contribution in [2.75, 3.05) is 24.6 Å². The number of carbonyl (C=O) groups excluding carboxylic acids is 1. The Kier molecular flexibility index (Phi) is 7.41. The van der Waals surface area contributed by atoms with Gasteiger partial charge in [0.1, 0.15) is 17.4 Å². The van der Waals surface area contributed by atoms with Gasteiger partial charge in [0.2, 0.25) is 5.91 Å². The first kappa shape index (κ1) is 28.8. The molecule has 9 nitrogen and oxygen atoms in total. The predicted molar refractivity (Wildman–Crippen MR) is 165 cm³/mol. The van der Waals surface area contributed by atoms with E-state index in [1.807, 2.05) is 38.7 Å². The second-order valence-electron chi connectivity index (χ2n) is 11.4. The number of fused-ring (bicyclic) bond motifs is 5. The normalized spacial score (nSPS) is 18.2. The Labute approximate surface area is 253 Å². The second-order valence-corrected chi connectivity index (χ2v) is 11.8. The number of nitrogens with zero attached hydrogens (tertiary/aromatic N) is 6. The number of benzene rings is 1. The molecule has 0 unspecified atom stereocenters. The average molecular weight is 603 g/mol. The molecule has 5 heterocycles. The lowest BCUT2D eigenvalue weighted by atomic mass is 10.0. The highest BCUT2D eigenvalue weighted by Crippen LogP contribution is 2.40. The summed E-state index contributed by atoms with van der Waals surface area (Å²) in [6.07, 6.45) is 3.46. The highest BCUT2D eigenvalue weighted by molar-refractivity contribution is 6.34. The molecule has 3 aromatic heterocycles. The van der Waals surface area contributed by atoms with Crippen LogP contribution in [-0.2, 0) is 11.2 Å². The first-order valence-electron chi connectivity index (χ1n) is 14.3. The molecule has 0 radical (unpaired) electrons. The molecule has 1 amide bonds. The Balaban J connectivity index is 1.69. The minimum atomic E-state index is -0.544. The number of carbonyl (C=O) groups is 1. The highest BCUT2D eigenvalue weighted by atomic mass is 35.5. The molecule has 1 fully saturated rings. The van der Waals surface area contributed by atoms with E-state index in [-0.39, 0.29) is 52.4 Å². The summed E-state index contributed by atoms with van der Waals surface area (Å²) in [4.78, 5) is 44.7. The summed E-state index contributed by atoms with van der Waals surface area (Å²) in [7, 11) is 0. The van der Waals surface area contributed by atoms with Gasteiger partial charge < -0.3 is 14.5 Å². The SMILES string of the molecule is C=CC(=O)N1C[C@H](C)N(c2nc(=O)n3c4nc(c(Cl)cc24)-c2c(F)cccc2OCCc2ccnc(C(C)C)c2-3)C[C@H]1C. The Bertz CT molecular complexity index is 1840. The average Bonchev–Trinajstić information content (AvgIpc) is 3.00. The number of piperazine rings is 1. The summed E-state index contributed by atoms with van der Waals surface area (Å²) >= 11 is 6.88. The van der Waals surface area contributed by atoms with Crippen LogP contribution >= 0.6 is 11.6 Å². The molecule has 2 aliphatic rings. The maximum atomic E-state index is 15.5. The van der Waals surface area contributed by atoms with Crippen molar-refractivity contribution in [1.29, 1.82) is 0 Å². The number of anilines is 1. The van der Waals surface area contributed by atoms with Crippen molar-refractivity contribution >= 4 is 34.4 Å². The van der Waals surface area contributed by atoms with Gasteiger partial charge in [0, 0.05) is 37.8 Å². The molecule has 2 aliphatic heterocycles. The van der Waals surface area contributed by atoms with Gasteiger partial charge in [-0.1, -0.05) is 38.1 Å². The van der Waals surface area contributed by atoms with Crippen LogP contribution in [0.1, 0.15) is 44.9 Å². The van der Waals surface area contributed by atoms with Crippen LogP contribution in [0.5, 0.6) is 5.75 Å². The minimum Gasteiger partial charge on any atom is -0.492 e. The van der Waals surface area contributed by atoms with E-state index < -0.39 is 11.5 Å². The quantitative estimate of drug-likeness (QED) is 0.294. The van der Waals surface area contributed by atoms with E-state index in [0.29, 0.717) is 47.8 Å². The first-order valence-corrected chi connectivity index (χ1v) is 14.7. The molecule has 4 aromatic rings. The molecule has 2 bridgehead atoms. The topological polar surface area (TPSA) is 93.5 Å². The van der Waals surface area contributed by atoms with E-state index in [1.165, 1.54) is 16.7 Å². The zero-order chi connectivity index (χ0) is 30.6. The zero-order valence-corrected chi connectivity index (χ0v) is 25.2. The van der Waals surface area contributed by atoms with Crippen LogP contribution in [0.3, 0.4) is 0 Å². The van der Waals surface area contributed by atoms with Crippen LogP contribution in [0, 0.1) is 5.82 Å². The molecule has 222 valence electrons. The van der Waals surface area contributed by atoms with Crippen molar-refractivity contribution in [2.24, 2.45) is 0 Å². The standard InChI is InChI=1S/C32H32ClFN6O3/c1-6-25(41)38-15-19(5)39(16-18(38)4)30-21-14-22(33)28-26-23(34)8-7-9-24(26)43-13-11-20-10-12-35-27(17(2)3)29(20)40(31(21)36-28)32(42)37-30/h6-10,12,14,17-19H,1,11,13,15-16H2,2-5H3/t18-,19+/m1/s1. The van der Waals surface area contributed by atoms with Crippen molar-refractivity contribution in [3.05, 3.63) is 81.8 Å². The van der Waals surface area contributed by atoms with Crippen LogP contribution in [0.4, 0.5) is 10.2 Å². The smallest absolute Gasteiger partial charge is 0.355 e. The van der Waals surface area contributed by atoms with Gasteiger partial charge in [-0.05, 0) is 55.7 Å². The number of hydrogen-bond acceptors (Lipinski definition) is 7. The zero-order valence-electron chi connectivity index (χ0n) is 24.5. The summed E-state index contributed by atoms with van der Waals surface area (Å²) in [6, 6.07) is 7.79. The number of ether oxygens (including phenoxy) is 1. The van der Waals surface area contributed by atoms with Gasteiger partial charge in [0.15, 0.2) is 5.65 Å². The van der Waals surface area contributed by atoms with Gasteiger partial charge in [0.25, 0.3) is 0 Å². The maximum Gasteiger partial charge on any atom is 0.355 e. The molecule has 6 rings (SSSR count). The van der Waals surface area contributed by atoms with Crippen LogP contribution < -0.4 is 15.3 Å². The molecular formula is C32H32ClFN6O3. The second kappa shape index (κ2) is 11.1. The molecule has 0 N–H and O–H groups in total. The number of rotatable bonds is 3. The predicted octanol–water partition coefficient (Wildman–Crippen LogP) is 5.31. The van der Waals surface area contributed by atoms with Gasteiger partial charge in [-0.2, -0.15) is 4.98 Å². The summed E-state index contributed by atoms with van der Waals surface area (Å²) in [5.41, 5.74) is 2.14. The van der Waals surface area contributed by atoms with Gasteiger partial charge in [-0.15, -0.1) is 0 Å². The van der Waals surface area contributed by atoms with Crippen LogP contribution in [-0.4, -0.2) is 62.1 Å². The lowest BCUT2D eigenvalue weighted by Gasteiger charge is -2.44. The third-order valence-electron chi connectivity index (χ3n) is 8.16. The van der Waals surface area contributed by atoms with Crippen LogP contribution in [0.25, 0.3) is 28.0 Å². The highest BCUT2D eigenvalue weighted by Gasteiger charge is 2.34. The van der Waals surface area contributed by atoms with Crippen molar-refractivity contribution in [2.45, 2.75) is 52.1 Å². The van der Waals surface area contributed by atoms with E-state index >= 15 is 4.39 Å². The molecule has 1 saturated heterocycles. The largest absolute Gasteiger partial charge is 0.492 e. The number of pyridine rings is 2. The van der Waals surface area contributed by atoms with Crippen molar-refractivity contribution in [1.82, 2.24) is 24.4 Å². The van der Waals surface area contributed by atoms with E-state index in [1.54, 1.807) is 29.3 Å². The molecule has 11 heteroatoms. The summed E-state index contributed by atoms with van der Waals surface area (Å²) < 4.78 is 23.0. The monoisotopic (exact) mass is 602 g/mol. The van der Waals surface area contributed by atoms with Gasteiger partial charge in [-0.3, -0.25) is 9.78 Å². The van der Waals surface area contributed by atoms with E-state index in [4.69, 9.17) is 21.3 Å². The molecule has 0 aliphatic carbocycles. The number of amides is 1. The minimum absolute atomic E-state index is 0.0274. The van der Waals surface area contributed by atoms with Crippen LogP contribution in [0.2, 0.25) is 5.02 Å². The molecule has 0 saturated carbocycles. The number of halogens is 2. The molecular weight excluding hydrogens is 571 g/mol. The molecule has 2 atom stereocenters. The molecule has 1 aromatic carbocycles. The number of hydrogen-bond donors (Lipinski definition) is 0. The maximum absolute atomic E-state index is 15.5. The Hall–Kier alpha value is -4.31. The van der Waals surface area contributed by atoms with E-state index in [2.05, 4.69) is 16.5 Å². The van der Waals surface area contributed by atoms with E-state index in [9.17, 15) is 9.59 Å². The number of aromatic nitrogens is 4. The Morgan fingerprint density at radius 3 is 2.72 bits per heavy atom. The molecule has 0 spiro atoms. The van der Waals surface area contributed by atoms with Crippen molar-refractivity contribution < 1.29 is 13.9 Å². The lowest BCUT2D eigenvalue weighted by molar-refractivity contribution is -0.128. The fraction of sp³-hybridized carbons (Fsp3) is 0.344. The van der Waals surface area contributed by atoms with Gasteiger partial charge >= 0.3 is 5.69 Å². The third kappa shape index (κ3) is 4.83. The van der Waals surface area contributed by atoms with Crippen LogP contribution in [0.15, 0.2) is 54.0 Å². The summed E-state index contributed by atoms with van der Waals surface area (Å²) in [5, 5.41) is 0.713.